The highest BCUT2D eigenvalue weighted by Gasteiger charge is 2.20. The SMILES string of the molecule is Cc1nc(C(N)=O)nn1-c1ccc(Cc2ccc(-c3ccc(CN4CCC(N(C)C)CC4)cc3)cc2)cc1. The van der Waals surface area contributed by atoms with Crippen LogP contribution in [0.1, 0.15) is 46.0 Å². The first kappa shape index (κ1) is 25.8. The number of piperidine rings is 1. The van der Waals surface area contributed by atoms with Crippen molar-refractivity contribution in [2.45, 2.75) is 38.8 Å². The number of amides is 1. The Bertz CT molecular complexity index is 1370. The molecule has 1 aromatic heterocycles. The fourth-order valence-electron chi connectivity index (χ4n) is 5.20. The second-order valence-corrected chi connectivity index (χ2v) is 10.5. The van der Waals surface area contributed by atoms with Crippen molar-refractivity contribution in [2.75, 3.05) is 27.2 Å². The lowest BCUT2D eigenvalue weighted by atomic mass is 9.99. The molecular weight excluding hydrogens is 472 g/mol. The number of hydrogen-bond acceptors (Lipinski definition) is 5. The third-order valence-electron chi connectivity index (χ3n) is 7.51. The number of aryl methyl sites for hydroxylation is 1. The fourth-order valence-corrected chi connectivity index (χ4v) is 5.20. The Morgan fingerprint density at radius 2 is 1.39 bits per heavy atom. The average molecular weight is 509 g/mol. The second-order valence-electron chi connectivity index (χ2n) is 10.5. The predicted molar refractivity (Wildman–Crippen MR) is 151 cm³/mol. The van der Waals surface area contributed by atoms with Gasteiger partial charge in [0.1, 0.15) is 5.82 Å². The van der Waals surface area contributed by atoms with Gasteiger partial charge in [-0.2, -0.15) is 0 Å². The standard InChI is InChI=1S/C31H36N6O/c1-22-33-31(30(32)38)34-37(22)29-14-8-24(9-15-29)20-23-4-10-26(11-5-23)27-12-6-25(7-13-27)21-36-18-16-28(17-19-36)35(2)3/h4-15,28H,16-21H2,1-3H3,(H2,32,38). The molecule has 7 heteroatoms. The summed E-state index contributed by atoms with van der Waals surface area (Å²) < 4.78 is 1.64. The van der Waals surface area contributed by atoms with Crippen LogP contribution in [0.5, 0.6) is 0 Å². The van der Waals surface area contributed by atoms with Crippen molar-refractivity contribution in [1.82, 2.24) is 24.6 Å². The lowest BCUT2D eigenvalue weighted by molar-refractivity contribution is 0.0990. The molecule has 0 saturated carbocycles. The molecule has 3 aromatic carbocycles. The van der Waals surface area contributed by atoms with E-state index in [9.17, 15) is 4.79 Å². The molecule has 38 heavy (non-hydrogen) atoms. The molecule has 0 atom stereocenters. The number of primary amides is 1. The maximum Gasteiger partial charge on any atom is 0.288 e. The number of nitrogens with two attached hydrogens (primary N) is 1. The molecule has 0 radical (unpaired) electrons. The topological polar surface area (TPSA) is 80.3 Å². The first-order valence-corrected chi connectivity index (χ1v) is 13.3. The average Bonchev–Trinajstić information content (AvgIpc) is 3.32. The van der Waals surface area contributed by atoms with Crippen LogP contribution in [0.2, 0.25) is 0 Å². The van der Waals surface area contributed by atoms with Crippen LogP contribution in [0.25, 0.3) is 16.8 Å². The number of carbonyl (C=O) groups excluding carboxylic acids is 1. The van der Waals surface area contributed by atoms with Crippen LogP contribution in [-0.2, 0) is 13.0 Å². The van der Waals surface area contributed by atoms with Crippen LogP contribution in [0.3, 0.4) is 0 Å². The highest BCUT2D eigenvalue weighted by molar-refractivity contribution is 5.88. The Hall–Kier alpha value is -3.81. The molecule has 0 bridgehead atoms. The monoisotopic (exact) mass is 508 g/mol. The second kappa shape index (κ2) is 11.3. The van der Waals surface area contributed by atoms with Crippen molar-refractivity contribution < 1.29 is 4.79 Å². The third kappa shape index (κ3) is 6.01. The van der Waals surface area contributed by atoms with Gasteiger partial charge in [-0.05, 0) is 93.3 Å². The Labute approximate surface area is 224 Å². The molecule has 1 amide bonds. The van der Waals surface area contributed by atoms with Crippen LogP contribution in [0, 0.1) is 6.92 Å². The minimum absolute atomic E-state index is 0.0293. The first-order chi connectivity index (χ1) is 18.4. The minimum atomic E-state index is -0.626. The van der Waals surface area contributed by atoms with Gasteiger partial charge in [-0.15, -0.1) is 5.10 Å². The van der Waals surface area contributed by atoms with E-state index in [0.29, 0.717) is 5.82 Å². The van der Waals surface area contributed by atoms with Crippen LogP contribution in [-0.4, -0.2) is 63.7 Å². The molecule has 2 N–H and O–H groups in total. The number of rotatable bonds is 8. The van der Waals surface area contributed by atoms with Crippen molar-refractivity contribution in [2.24, 2.45) is 5.73 Å². The summed E-state index contributed by atoms with van der Waals surface area (Å²) in [5.41, 5.74) is 12.5. The van der Waals surface area contributed by atoms with Gasteiger partial charge in [-0.1, -0.05) is 60.7 Å². The van der Waals surface area contributed by atoms with Gasteiger partial charge in [0.05, 0.1) is 5.69 Å². The van der Waals surface area contributed by atoms with Crippen LogP contribution < -0.4 is 5.73 Å². The molecule has 1 aliphatic heterocycles. The van der Waals surface area contributed by atoms with Gasteiger partial charge in [0.25, 0.3) is 5.91 Å². The van der Waals surface area contributed by atoms with Gasteiger partial charge in [-0.3, -0.25) is 9.69 Å². The summed E-state index contributed by atoms with van der Waals surface area (Å²) in [5, 5.41) is 4.20. The summed E-state index contributed by atoms with van der Waals surface area (Å²) in [5.74, 6) is 0.0279. The zero-order valence-corrected chi connectivity index (χ0v) is 22.5. The molecular formula is C31H36N6O. The van der Waals surface area contributed by atoms with Crippen LogP contribution in [0.15, 0.2) is 72.8 Å². The summed E-state index contributed by atoms with van der Waals surface area (Å²) in [6, 6.07) is 26.7. The third-order valence-corrected chi connectivity index (χ3v) is 7.51. The van der Waals surface area contributed by atoms with E-state index < -0.39 is 5.91 Å². The zero-order chi connectivity index (χ0) is 26.6. The number of likely N-dealkylation sites (tertiary alicyclic amines) is 1. The van der Waals surface area contributed by atoms with Crippen molar-refractivity contribution in [3.05, 3.63) is 101 Å². The molecule has 5 rings (SSSR count). The summed E-state index contributed by atoms with van der Waals surface area (Å²) in [6.45, 7) is 5.18. The van der Waals surface area contributed by atoms with Gasteiger partial charge < -0.3 is 10.6 Å². The van der Waals surface area contributed by atoms with Crippen molar-refractivity contribution in [3.63, 3.8) is 0 Å². The molecule has 1 aliphatic rings. The Balaban J connectivity index is 1.18. The van der Waals surface area contributed by atoms with Gasteiger partial charge in [0, 0.05) is 12.6 Å². The molecule has 0 spiro atoms. The van der Waals surface area contributed by atoms with Crippen molar-refractivity contribution in [1.29, 1.82) is 0 Å². The van der Waals surface area contributed by atoms with Crippen LogP contribution >= 0.6 is 0 Å². The Morgan fingerprint density at radius 1 is 0.868 bits per heavy atom. The largest absolute Gasteiger partial charge is 0.363 e. The van der Waals surface area contributed by atoms with E-state index >= 15 is 0 Å². The highest BCUT2D eigenvalue weighted by atomic mass is 16.1. The number of benzene rings is 3. The number of carbonyl (C=O) groups is 1. The van der Waals surface area contributed by atoms with E-state index in [2.05, 4.69) is 94.6 Å². The molecule has 196 valence electrons. The summed E-state index contributed by atoms with van der Waals surface area (Å²) in [4.78, 5) is 20.4. The molecule has 0 unspecified atom stereocenters. The van der Waals surface area contributed by atoms with E-state index in [1.165, 1.54) is 53.7 Å². The van der Waals surface area contributed by atoms with Crippen LogP contribution in [0.4, 0.5) is 0 Å². The molecule has 1 fully saturated rings. The lowest BCUT2D eigenvalue weighted by Crippen LogP contribution is -2.41. The zero-order valence-electron chi connectivity index (χ0n) is 22.5. The number of aromatic nitrogens is 3. The van der Waals surface area contributed by atoms with Crippen molar-refractivity contribution in [3.8, 4) is 16.8 Å². The quantitative estimate of drug-likeness (QED) is 0.380. The van der Waals surface area contributed by atoms with Gasteiger partial charge >= 0.3 is 0 Å². The Morgan fingerprint density at radius 3 is 1.89 bits per heavy atom. The van der Waals surface area contributed by atoms with Crippen molar-refractivity contribution >= 4 is 5.91 Å². The summed E-state index contributed by atoms with van der Waals surface area (Å²) in [7, 11) is 4.38. The maximum atomic E-state index is 11.4. The minimum Gasteiger partial charge on any atom is -0.363 e. The fraction of sp³-hybridized carbons (Fsp3) is 0.323. The maximum absolute atomic E-state index is 11.4. The molecule has 4 aromatic rings. The number of hydrogen-bond donors (Lipinski definition) is 1. The van der Waals surface area contributed by atoms with Gasteiger partial charge in [-0.25, -0.2) is 9.67 Å². The number of nitrogens with zero attached hydrogens (tertiary/aromatic N) is 5. The predicted octanol–water partition coefficient (Wildman–Crippen LogP) is 4.46. The molecule has 0 aliphatic carbocycles. The Kier molecular flexibility index (Phi) is 7.67. The van der Waals surface area contributed by atoms with E-state index in [1.807, 2.05) is 12.1 Å². The first-order valence-electron chi connectivity index (χ1n) is 13.3. The van der Waals surface area contributed by atoms with E-state index in [0.717, 1.165) is 24.7 Å². The van der Waals surface area contributed by atoms with E-state index in [4.69, 9.17) is 5.73 Å². The van der Waals surface area contributed by atoms with Gasteiger partial charge in [0.15, 0.2) is 0 Å². The van der Waals surface area contributed by atoms with E-state index in [-0.39, 0.29) is 5.82 Å². The molecule has 1 saturated heterocycles. The summed E-state index contributed by atoms with van der Waals surface area (Å²) >= 11 is 0. The lowest BCUT2D eigenvalue weighted by Gasteiger charge is -2.35. The summed E-state index contributed by atoms with van der Waals surface area (Å²) in [6.07, 6.45) is 3.34. The normalized spacial score (nSPS) is 14.7. The highest BCUT2D eigenvalue weighted by Crippen LogP contribution is 2.23. The smallest absolute Gasteiger partial charge is 0.288 e. The molecule has 2 heterocycles. The van der Waals surface area contributed by atoms with Gasteiger partial charge in [0.2, 0.25) is 5.82 Å². The molecule has 7 nitrogen and oxygen atoms in total. The van der Waals surface area contributed by atoms with E-state index in [1.54, 1.807) is 11.6 Å².